The highest BCUT2D eigenvalue weighted by Crippen LogP contribution is 2.41. The maximum Gasteiger partial charge on any atom is 0.252 e. The molecule has 10 rings (SSSR count). The van der Waals surface area contributed by atoms with Gasteiger partial charge >= 0.3 is 0 Å². The second-order valence-corrected chi connectivity index (χ2v) is 31.5. The lowest BCUT2D eigenvalue weighted by molar-refractivity contribution is -0.118. The van der Waals surface area contributed by atoms with E-state index in [-0.39, 0.29) is 114 Å². The number of hydrogen-bond donors (Lipinski definition) is 10. The molecule has 131 heavy (non-hydrogen) atoms. The molecule has 686 valence electrons. The molecule has 0 fully saturated rings. The van der Waals surface area contributed by atoms with Gasteiger partial charge < -0.3 is 93.1 Å². The molecular weight excluding hydrogens is 1790 g/mol. The van der Waals surface area contributed by atoms with Gasteiger partial charge in [-0.05, 0) is 174 Å². The molecule has 10 amide bonds. The van der Waals surface area contributed by atoms with Crippen LogP contribution in [-0.4, -0.2) is 174 Å². The van der Waals surface area contributed by atoms with E-state index in [1.807, 2.05) is 6.07 Å². The van der Waals surface area contributed by atoms with Gasteiger partial charge in [-0.15, -0.1) is 0 Å². The van der Waals surface area contributed by atoms with Gasteiger partial charge in [0.2, 0.25) is 60.9 Å². The predicted molar refractivity (Wildman–Crippen MR) is 498 cm³/mol. The fraction of sp³-hybridized carbons (Fsp3) is 0.194. The zero-order chi connectivity index (χ0) is 95.9. The van der Waals surface area contributed by atoms with E-state index >= 15 is 0 Å². The number of carbonyl (C=O) groups excluding carboxylic acids is 15. The number of nitrogens with one attached hydrogen (secondary N) is 5. The van der Waals surface area contributed by atoms with Crippen LogP contribution in [-0.2, 0) is 24.0 Å². The van der Waals surface area contributed by atoms with Crippen LogP contribution < -0.4 is 93.1 Å². The number of ether oxygens (including phenoxy) is 8. The van der Waals surface area contributed by atoms with E-state index in [9.17, 15) is 71.9 Å². The van der Waals surface area contributed by atoms with E-state index in [2.05, 4.69) is 26.6 Å². The van der Waals surface area contributed by atoms with Crippen LogP contribution in [0.25, 0.3) is 0 Å². The van der Waals surface area contributed by atoms with E-state index in [4.69, 9.17) is 66.6 Å². The zero-order valence-electron chi connectivity index (χ0n) is 72.3. The van der Waals surface area contributed by atoms with Gasteiger partial charge in [-0.2, -0.15) is 0 Å². The molecule has 0 radical (unpaired) electrons. The van der Waals surface area contributed by atoms with E-state index in [1.54, 1.807) is 218 Å². The topological polar surface area (TPSA) is 520 Å². The van der Waals surface area contributed by atoms with Crippen molar-refractivity contribution in [3.63, 3.8) is 0 Å². The number of para-hydroxylation sites is 1. The molecule has 10 aromatic carbocycles. The molecule has 38 heteroatoms. The smallest absolute Gasteiger partial charge is 0.252 e. The van der Waals surface area contributed by atoms with Crippen molar-refractivity contribution in [2.45, 2.75) is 56.6 Å². The van der Waals surface area contributed by atoms with Crippen LogP contribution in [0.2, 0.25) is 0 Å². The zero-order valence-corrected chi connectivity index (χ0v) is 76.3. The van der Waals surface area contributed by atoms with Crippen LogP contribution in [0.5, 0.6) is 46.0 Å². The Labute approximate surface area is 775 Å². The lowest BCUT2D eigenvalue weighted by atomic mass is 10.2. The number of benzene rings is 10. The quantitative estimate of drug-likeness (QED) is 0.0161. The van der Waals surface area contributed by atoms with Gasteiger partial charge in [-0.1, -0.05) is 103 Å². The third-order valence-electron chi connectivity index (χ3n) is 17.4. The highest BCUT2D eigenvalue weighted by atomic mass is 32.2. The first-order valence-electron chi connectivity index (χ1n) is 39.2. The lowest BCUT2D eigenvalue weighted by Crippen LogP contribution is -2.28. The number of rotatable bonds is 38. The summed E-state index contributed by atoms with van der Waals surface area (Å²) in [6, 6.07) is 62.4. The maximum atomic E-state index is 12.8. The van der Waals surface area contributed by atoms with Crippen LogP contribution in [0.15, 0.2) is 249 Å². The summed E-state index contributed by atoms with van der Waals surface area (Å²) in [5, 5.41) is 11.9. The summed E-state index contributed by atoms with van der Waals surface area (Å²) in [5.41, 5.74) is 29.2. The van der Waals surface area contributed by atoms with Crippen molar-refractivity contribution in [3.8, 4) is 46.0 Å². The molecule has 0 bridgehead atoms. The number of thioether (sulfide) groups is 5. The van der Waals surface area contributed by atoms with Crippen molar-refractivity contribution in [1.82, 2.24) is 26.6 Å². The highest BCUT2D eigenvalue weighted by molar-refractivity contribution is 8.15. The van der Waals surface area contributed by atoms with Crippen molar-refractivity contribution in [3.05, 3.63) is 280 Å². The van der Waals surface area contributed by atoms with Gasteiger partial charge in [-0.3, -0.25) is 71.9 Å². The van der Waals surface area contributed by atoms with E-state index in [1.165, 1.54) is 56.9 Å². The molecule has 0 aliphatic rings. The minimum Gasteiger partial charge on any atom is -0.497 e. The van der Waals surface area contributed by atoms with Crippen molar-refractivity contribution in [1.29, 1.82) is 0 Å². The third kappa shape index (κ3) is 34.8. The molecule has 0 saturated heterocycles. The van der Waals surface area contributed by atoms with E-state index < -0.39 is 35.4 Å². The second kappa shape index (κ2) is 55.9. The first kappa shape index (κ1) is 105. The van der Waals surface area contributed by atoms with Crippen LogP contribution in [0, 0.1) is 0 Å². The van der Waals surface area contributed by atoms with Gasteiger partial charge in [-0.25, -0.2) is 0 Å². The average molecular weight is 1880 g/mol. The predicted octanol–water partition coefficient (Wildman–Crippen LogP) is 11.2. The van der Waals surface area contributed by atoms with E-state index in [0.29, 0.717) is 126 Å². The SMILES string of the molecule is COc1cc(C(=O)Sc2ccccc2C(=O)NCCC(N)=O)cc(OC)c1OC.COc1cc(OC)cc(C(=O)Sc2ccccc2C(=O)NCCC(N)=O)c1.COc1ccc(C(=O)Sc2ccccc2C(=O)NCCC(N)=O)cc1OC.COc1ccccc1C(=O)Sc1ccccc1C(=O)NCCC(N)=O.NC(=O)CCNC(=O)c1ccccc1SC(=O)c1ccccc1. The number of methoxy groups -OCH3 is 8. The molecular formula is C93H96N10O23S5. The number of hydrogen-bond acceptors (Lipinski definition) is 28. The fourth-order valence-corrected chi connectivity index (χ4v) is 15.3. The second-order valence-electron chi connectivity index (χ2n) is 26.4. The van der Waals surface area contributed by atoms with Gasteiger partial charge in [0.05, 0.1) is 90.3 Å². The molecule has 0 aliphatic carbocycles. The molecule has 0 saturated carbocycles. The Morgan fingerprint density at radius 3 is 0.786 bits per heavy atom. The summed E-state index contributed by atoms with van der Waals surface area (Å²) in [6.45, 7) is 0.701. The molecule has 15 N–H and O–H groups in total. The fourth-order valence-electron chi connectivity index (χ4n) is 11.0. The number of nitrogens with two attached hydrogens (primary N) is 5. The number of amides is 10. The van der Waals surface area contributed by atoms with Crippen LogP contribution in [0.3, 0.4) is 0 Å². The molecule has 0 aromatic heterocycles. The molecule has 10 aromatic rings. The Kier molecular flexibility index (Phi) is 44.9. The minimum absolute atomic E-state index is 0.0332. The molecule has 0 unspecified atom stereocenters. The Morgan fingerprint density at radius 2 is 0.489 bits per heavy atom. The van der Waals surface area contributed by atoms with Gasteiger partial charge in [0.15, 0.2) is 23.0 Å². The average Bonchev–Trinajstić information content (AvgIpc) is 0.811. The molecule has 0 atom stereocenters. The normalized spacial score (nSPS) is 10.1. The highest BCUT2D eigenvalue weighted by Gasteiger charge is 2.25. The lowest BCUT2D eigenvalue weighted by Gasteiger charge is -2.14. The van der Waals surface area contributed by atoms with Crippen molar-refractivity contribution >= 4 is 143 Å². The number of carbonyl (C=O) groups is 15. The van der Waals surface area contributed by atoms with Crippen molar-refractivity contribution in [2.24, 2.45) is 28.7 Å². The summed E-state index contributed by atoms with van der Waals surface area (Å²) in [6.07, 6.45) is 0.256. The standard InChI is InChI=1S/C20H22N2O6S.2C19H20N2O5S.C18H18N2O4S.C17H16N2O3S/c1-26-14-10-12(11-15(27-2)18(14)28-3)20(25)29-16-7-5-4-6-13(16)19(24)22-9-8-17(21)23;1-25-13-9-12(10-14(11-13)26-2)19(24)27-16-6-4-3-5-15(16)18(23)21-8-7-17(20)22;1-25-14-8-7-12(11-15(14)26-2)19(24)27-16-6-4-3-5-13(16)18(23)21-10-9-17(20)22;1-24-14-8-4-2-6-12(14)18(23)25-15-9-5-3-7-13(15)17(22)20-11-10-16(19)21;18-15(20)10-11-19-16(21)13-8-4-5-9-14(13)23-17(22)12-6-2-1-3-7-12/h4-7,10-11H,8-9H2,1-3H3,(H2,21,23)(H,22,24);3-6,9-11H,7-8H2,1-2H3,(H2,20,22)(H,21,23);3-8,11H,9-10H2,1-2H3,(H2,20,22)(H,21,23);2-9H,10-11H2,1H3,(H2,19,21)(H,20,22);1-9H,10-11H2,(H2,18,20)(H,19,21). The summed E-state index contributed by atoms with van der Waals surface area (Å²) < 4.78 is 41.8. The molecule has 33 nitrogen and oxygen atoms in total. The Balaban J connectivity index is 0.000000253. The van der Waals surface area contributed by atoms with Crippen LogP contribution >= 0.6 is 58.8 Å². The maximum absolute atomic E-state index is 12.8. The monoisotopic (exact) mass is 1880 g/mol. The first-order valence-corrected chi connectivity index (χ1v) is 43.3. The van der Waals surface area contributed by atoms with Crippen LogP contribution in [0.4, 0.5) is 0 Å². The Bertz CT molecular complexity index is 5680. The third-order valence-corrected chi connectivity index (χ3v) is 22.4. The van der Waals surface area contributed by atoms with Gasteiger partial charge in [0.1, 0.15) is 17.2 Å². The summed E-state index contributed by atoms with van der Waals surface area (Å²) in [4.78, 5) is 181. The molecule has 0 heterocycles. The largest absolute Gasteiger partial charge is 0.497 e. The minimum atomic E-state index is -0.509. The Morgan fingerprint density at radius 1 is 0.229 bits per heavy atom. The first-order chi connectivity index (χ1) is 62.9. The van der Waals surface area contributed by atoms with Crippen molar-refractivity contribution < 1.29 is 110 Å². The molecule has 0 aliphatic heterocycles. The van der Waals surface area contributed by atoms with Gasteiger partial charge in [0, 0.05) is 118 Å². The Hall–Kier alpha value is -14.6. The van der Waals surface area contributed by atoms with Crippen LogP contribution in [0.1, 0.15) is 136 Å². The summed E-state index contributed by atoms with van der Waals surface area (Å²) in [7, 11) is 11.9. The molecule has 0 spiro atoms. The summed E-state index contributed by atoms with van der Waals surface area (Å²) >= 11 is 4.71. The number of primary amides is 5. The van der Waals surface area contributed by atoms with E-state index in [0.717, 1.165) is 58.8 Å². The van der Waals surface area contributed by atoms with Crippen molar-refractivity contribution in [2.75, 3.05) is 89.6 Å². The summed E-state index contributed by atoms with van der Waals surface area (Å²) in [5.74, 6) is -0.806. The van der Waals surface area contributed by atoms with Gasteiger partial charge in [0.25, 0.3) is 29.5 Å².